The number of aromatic nitrogens is 1. The molecular weight excluding hydrogens is 408 g/mol. The molecule has 0 radical (unpaired) electrons. The molecule has 4 rings (SSSR count). The summed E-state index contributed by atoms with van der Waals surface area (Å²) in [6, 6.07) is 23.3. The summed E-state index contributed by atoms with van der Waals surface area (Å²) in [5.74, 6) is -0.406. The Labute approximate surface area is 194 Å². The van der Waals surface area contributed by atoms with E-state index in [-0.39, 0.29) is 11.0 Å². The van der Waals surface area contributed by atoms with Crippen LogP contribution in [0.4, 0.5) is 5.69 Å². The molecule has 0 saturated heterocycles. The highest BCUT2D eigenvalue weighted by Gasteiger charge is 2.24. The van der Waals surface area contributed by atoms with Gasteiger partial charge in [-0.2, -0.15) is 0 Å². The van der Waals surface area contributed by atoms with Crippen LogP contribution in [0.25, 0.3) is 16.9 Å². The maximum absolute atomic E-state index is 13.7. The minimum atomic E-state index is -0.406. The maximum Gasteiger partial charge on any atom is 0.261 e. The molecule has 1 N–H and O–H groups in total. The summed E-state index contributed by atoms with van der Waals surface area (Å²) >= 11 is 0. The number of carbonyl (C=O) groups is 1. The summed E-state index contributed by atoms with van der Waals surface area (Å²) in [6.07, 6.45) is 0. The fourth-order valence-corrected chi connectivity index (χ4v) is 4.26. The van der Waals surface area contributed by atoms with Crippen molar-refractivity contribution in [3.05, 3.63) is 117 Å². The summed E-state index contributed by atoms with van der Waals surface area (Å²) in [7, 11) is 0. The number of aryl methyl sites for hydroxylation is 5. The summed E-state index contributed by atoms with van der Waals surface area (Å²) in [6.45, 7) is 9.83. The number of para-hydroxylation sites is 1. The third kappa shape index (κ3) is 4.24. The van der Waals surface area contributed by atoms with E-state index in [2.05, 4.69) is 5.32 Å². The predicted octanol–water partition coefficient (Wildman–Crippen LogP) is 6.30. The molecule has 0 aliphatic heterocycles. The standard InChI is InChI=1S/C29H28N2O2/c1-18-13-15-23(16-14-18)31-22(5)17-25(32)26(28(31)24-12-7-6-9-19(24)2)29(33)30-27-20(3)10-8-11-21(27)4/h6-17H,1-5H3,(H,30,33). The number of carbonyl (C=O) groups excluding carboxylic acids is 1. The van der Waals surface area contributed by atoms with E-state index in [1.807, 2.05) is 106 Å². The topological polar surface area (TPSA) is 51.1 Å². The highest BCUT2D eigenvalue weighted by atomic mass is 16.2. The van der Waals surface area contributed by atoms with Crippen molar-refractivity contribution in [3.63, 3.8) is 0 Å². The highest BCUT2D eigenvalue weighted by molar-refractivity contribution is 6.09. The summed E-state index contributed by atoms with van der Waals surface area (Å²) in [5, 5.41) is 3.02. The van der Waals surface area contributed by atoms with E-state index in [1.54, 1.807) is 6.07 Å². The summed E-state index contributed by atoms with van der Waals surface area (Å²) in [4.78, 5) is 27.0. The van der Waals surface area contributed by atoms with Gasteiger partial charge in [-0.3, -0.25) is 9.59 Å². The van der Waals surface area contributed by atoms with Gasteiger partial charge in [0.15, 0.2) is 5.43 Å². The van der Waals surface area contributed by atoms with Crippen molar-refractivity contribution >= 4 is 11.6 Å². The molecule has 0 aliphatic rings. The lowest BCUT2D eigenvalue weighted by atomic mass is 9.98. The molecule has 33 heavy (non-hydrogen) atoms. The van der Waals surface area contributed by atoms with Gasteiger partial charge in [0.05, 0.1) is 5.69 Å². The zero-order valence-electron chi connectivity index (χ0n) is 19.7. The third-order valence-electron chi connectivity index (χ3n) is 6.04. The van der Waals surface area contributed by atoms with Crippen LogP contribution >= 0.6 is 0 Å². The lowest BCUT2D eigenvalue weighted by Crippen LogP contribution is -2.27. The monoisotopic (exact) mass is 436 g/mol. The van der Waals surface area contributed by atoms with Crippen LogP contribution in [0.15, 0.2) is 77.6 Å². The molecule has 4 aromatic rings. The molecule has 1 aromatic heterocycles. The van der Waals surface area contributed by atoms with Crippen LogP contribution < -0.4 is 10.7 Å². The Hall–Kier alpha value is -3.92. The molecule has 1 amide bonds. The fourth-order valence-electron chi connectivity index (χ4n) is 4.26. The zero-order chi connectivity index (χ0) is 23.7. The number of nitrogens with zero attached hydrogens (tertiary/aromatic N) is 1. The van der Waals surface area contributed by atoms with Gasteiger partial charge in [-0.05, 0) is 63.4 Å². The molecule has 3 aromatic carbocycles. The molecule has 0 saturated carbocycles. The van der Waals surface area contributed by atoms with E-state index in [9.17, 15) is 9.59 Å². The van der Waals surface area contributed by atoms with Gasteiger partial charge in [0.1, 0.15) is 5.56 Å². The number of amides is 1. The van der Waals surface area contributed by atoms with Crippen LogP contribution in [0.1, 0.15) is 38.3 Å². The van der Waals surface area contributed by atoms with Crippen LogP contribution in [-0.2, 0) is 0 Å². The fraction of sp³-hybridized carbons (Fsp3) is 0.172. The summed E-state index contributed by atoms with van der Waals surface area (Å²) in [5.41, 5.74) is 7.74. The normalized spacial score (nSPS) is 10.8. The Kier molecular flexibility index (Phi) is 6.01. The Morgan fingerprint density at radius 1 is 0.758 bits per heavy atom. The quantitative estimate of drug-likeness (QED) is 0.408. The Bertz CT molecular complexity index is 1390. The number of nitrogens with one attached hydrogen (secondary N) is 1. The molecule has 166 valence electrons. The largest absolute Gasteiger partial charge is 0.321 e. The van der Waals surface area contributed by atoms with Crippen molar-refractivity contribution in [1.82, 2.24) is 4.57 Å². The molecular formula is C29H28N2O2. The molecule has 4 heteroatoms. The van der Waals surface area contributed by atoms with E-state index < -0.39 is 5.91 Å². The first kappa shape index (κ1) is 22.3. The smallest absolute Gasteiger partial charge is 0.261 e. The van der Waals surface area contributed by atoms with Crippen LogP contribution in [0.3, 0.4) is 0 Å². The van der Waals surface area contributed by atoms with Gasteiger partial charge >= 0.3 is 0 Å². The van der Waals surface area contributed by atoms with E-state index in [0.29, 0.717) is 5.69 Å². The number of benzene rings is 3. The maximum atomic E-state index is 13.7. The van der Waals surface area contributed by atoms with E-state index >= 15 is 0 Å². The van der Waals surface area contributed by atoms with Gasteiger partial charge in [-0.1, -0.05) is 60.2 Å². The van der Waals surface area contributed by atoms with Crippen molar-refractivity contribution in [1.29, 1.82) is 0 Å². The first-order valence-corrected chi connectivity index (χ1v) is 11.0. The molecule has 0 fully saturated rings. The van der Waals surface area contributed by atoms with Gasteiger partial charge in [0.25, 0.3) is 5.91 Å². The molecule has 0 unspecified atom stereocenters. The molecule has 1 heterocycles. The van der Waals surface area contributed by atoms with E-state index in [4.69, 9.17) is 0 Å². The van der Waals surface area contributed by atoms with Crippen molar-refractivity contribution in [2.45, 2.75) is 34.6 Å². The van der Waals surface area contributed by atoms with Gasteiger partial charge < -0.3 is 9.88 Å². The zero-order valence-corrected chi connectivity index (χ0v) is 19.7. The van der Waals surface area contributed by atoms with Crippen molar-refractivity contribution in [2.24, 2.45) is 0 Å². The number of hydrogen-bond donors (Lipinski definition) is 1. The first-order valence-electron chi connectivity index (χ1n) is 11.0. The van der Waals surface area contributed by atoms with Crippen LogP contribution in [0.2, 0.25) is 0 Å². The minimum Gasteiger partial charge on any atom is -0.321 e. The second-order valence-electron chi connectivity index (χ2n) is 8.58. The number of anilines is 1. The van der Waals surface area contributed by atoms with Crippen LogP contribution in [0.5, 0.6) is 0 Å². The predicted molar refractivity (Wildman–Crippen MR) is 136 cm³/mol. The van der Waals surface area contributed by atoms with Gasteiger partial charge in [-0.15, -0.1) is 0 Å². The van der Waals surface area contributed by atoms with Gasteiger partial charge in [0.2, 0.25) is 0 Å². The lowest BCUT2D eigenvalue weighted by Gasteiger charge is -2.22. The lowest BCUT2D eigenvalue weighted by molar-refractivity contribution is 0.102. The van der Waals surface area contributed by atoms with Gasteiger partial charge in [-0.25, -0.2) is 0 Å². The number of pyridine rings is 1. The average Bonchev–Trinajstić information content (AvgIpc) is 2.77. The Morgan fingerprint density at radius 3 is 2.00 bits per heavy atom. The highest BCUT2D eigenvalue weighted by Crippen LogP contribution is 2.30. The third-order valence-corrected chi connectivity index (χ3v) is 6.04. The van der Waals surface area contributed by atoms with Crippen LogP contribution in [-0.4, -0.2) is 10.5 Å². The summed E-state index contributed by atoms with van der Waals surface area (Å²) < 4.78 is 2.00. The SMILES string of the molecule is Cc1ccc(-n2c(C)cc(=O)c(C(=O)Nc3c(C)cccc3C)c2-c2ccccc2C)cc1. The average molecular weight is 437 g/mol. The molecule has 0 atom stereocenters. The Morgan fingerprint density at radius 2 is 1.36 bits per heavy atom. The van der Waals surface area contributed by atoms with E-state index in [1.165, 1.54) is 0 Å². The molecule has 4 nitrogen and oxygen atoms in total. The van der Waals surface area contributed by atoms with Crippen molar-refractivity contribution in [2.75, 3.05) is 5.32 Å². The van der Waals surface area contributed by atoms with Gasteiger partial charge in [0, 0.05) is 28.7 Å². The number of rotatable bonds is 4. The van der Waals surface area contributed by atoms with Crippen LogP contribution in [0, 0.1) is 34.6 Å². The minimum absolute atomic E-state index is 0.137. The second-order valence-corrected chi connectivity index (χ2v) is 8.58. The molecule has 0 bridgehead atoms. The van der Waals surface area contributed by atoms with Crippen molar-refractivity contribution in [3.8, 4) is 16.9 Å². The molecule has 0 spiro atoms. The second kappa shape index (κ2) is 8.91. The molecule has 0 aliphatic carbocycles. The van der Waals surface area contributed by atoms with E-state index in [0.717, 1.165) is 44.9 Å². The first-order chi connectivity index (χ1) is 15.8. The van der Waals surface area contributed by atoms with Crippen molar-refractivity contribution < 1.29 is 4.79 Å². The Balaban J connectivity index is 2.02. The number of hydrogen-bond acceptors (Lipinski definition) is 2.